The maximum Gasteiger partial charge on any atom is 0.328 e. The first-order valence-electron chi connectivity index (χ1n) is 5.78. The molecule has 0 saturated heterocycles. The summed E-state index contributed by atoms with van der Waals surface area (Å²) in [4.78, 5) is 35.1. The topological polar surface area (TPSA) is 84.3 Å². The van der Waals surface area contributed by atoms with Crippen LogP contribution in [0.2, 0.25) is 0 Å². The van der Waals surface area contributed by atoms with Crippen LogP contribution in [0.5, 0.6) is 0 Å². The second-order valence-corrected chi connectivity index (χ2v) is 4.09. The molecule has 0 fully saturated rings. The summed E-state index contributed by atoms with van der Waals surface area (Å²) in [5.41, 5.74) is -1.90. The summed E-state index contributed by atoms with van der Waals surface area (Å²) >= 11 is 0. The smallest absolute Gasteiger partial charge is 0.295 e. The molecule has 0 aliphatic carbocycles. The largest absolute Gasteiger partial charge is 0.328 e. The van der Waals surface area contributed by atoms with E-state index in [9.17, 15) is 23.3 Å². The zero-order valence-electron chi connectivity index (χ0n) is 10.5. The molecule has 0 unspecified atom stereocenters. The van der Waals surface area contributed by atoms with Gasteiger partial charge in [-0.15, -0.1) is 4.91 Å². The van der Waals surface area contributed by atoms with E-state index in [1.54, 1.807) is 0 Å². The van der Waals surface area contributed by atoms with Crippen molar-refractivity contribution in [3.05, 3.63) is 79.1 Å². The third-order valence-electron chi connectivity index (χ3n) is 2.74. The van der Waals surface area contributed by atoms with Crippen molar-refractivity contribution in [1.82, 2.24) is 9.55 Å². The van der Waals surface area contributed by atoms with Gasteiger partial charge in [-0.2, -0.15) is 0 Å². The molecule has 0 radical (unpaired) electrons. The molecule has 8 heteroatoms. The number of aromatic nitrogens is 2. The van der Waals surface area contributed by atoms with Crippen molar-refractivity contribution in [1.29, 1.82) is 0 Å². The molecule has 1 N–H and O–H groups in total. The summed E-state index contributed by atoms with van der Waals surface area (Å²) in [7, 11) is 0. The predicted octanol–water partition coefficient (Wildman–Crippen LogP) is 1.60. The quantitative estimate of drug-likeness (QED) is 0.869. The van der Waals surface area contributed by atoms with Crippen LogP contribution in [0, 0.1) is 16.5 Å². The second-order valence-electron chi connectivity index (χ2n) is 4.09. The van der Waals surface area contributed by atoms with Crippen LogP contribution in [-0.2, 0) is 6.54 Å². The number of aromatic amines is 1. The first kappa shape index (κ1) is 14.5. The minimum Gasteiger partial charge on any atom is -0.295 e. The Bertz CT molecular complexity index is 804. The molecule has 1 aromatic heterocycles. The van der Waals surface area contributed by atoms with E-state index in [0.29, 0.717) is 0 Å². The van der Waals surface area contributed by atoms with Crippen LogP contribution in [0.3, 0.4) is 0 Å². The number of benzene rings is 1. The van der Waals surface area contributed by atoms with E-state index < -0.39 is 29.4 Å². The van der Waals surface area contributed by atoms with E-state index in [0.717, 1.165) is 35.2 Å². The zero-order valence-corrected chi connectivity index (χ0v) is 10.5. The van der Waals surface area contributed by atoms with Gasteiger partial charge < -0.3 is 0 Å². The van der Waals surface area contributed by atoms with Gasteiger partial charge in [-0.25, -0.2) is 13.6 Å². The molecular weight excluding hydrogens is 284 g/mol. The number of nitrogens with one attached hydrogen (secondary N) is 1. The Hall–Kier alpha value is -2.90. The Labute approximate surface area is 116 Å². The lowest BCUT2D eigenvalue weighted by Gasteiger charge is -2.08. The fourth-order valence-corrected chi connectivity index (χ4v) is 1.73. The maximum atomic E-state index is 13.6. The fourth-order valence-electron chi connectivity index (χ4n) is 1.73. The number of nitrogens with zero attached hydrogens (tertiary/aromatic N) is 2. The summed E-state index contributed by atoms with van der Waals surface area (Å²) in [6.45, 7) is -0.399. The fraction of sp³-hybridized carbons (Fsp3) is 0.0769. The van der Waals surface area contributed by atoms with Gasteiger partial charge >= 0.3 is 5.69 Å². The molecule has 1 heterocycles. The van der Waals surface area contributed by atoms with Gasteiger partial charge in [0.05, 0.1) is 18.3 Å². The highest BCUT2D eigenvalue weighted by Crippen LogP contribution is 2.12. The molecule has 0 saturated carbocycles. The number of rotatable bonds is 4. The average molecular weight is 293 g/mol. The van der Waals surface area contributed by atoms with Gasteiger partial charge in [-0.05, 0) is 23.4 Å². The third-order valence-corrected chi connectivity index (χ3v) is 2.74. The summed E-state index contributed by atoms with van der Waals surface area (Å²) in [6, 6.07) is 3.33. The Morgan fingerprint density at radius 1 is 1.24 bits per heavy atom. The number of halogens is 2. The molecule has 0 spiro atoms. The van der Waals surface area contributed by atoms with Crippen molar-refractivity contribution in [3.63, 3.8) is 0 Å². The van der Waals surface area contributed by atoms with Gasteiger partial charge in [0.2, 0.25) is 0 Å². The van der Waals surface area contributed by atoms with E-state index in [4.69, 9.17) is 0 Å². The first-order chi connectivity index (χ1) is 10.0. The highest BCUT2D eigenvalue weighted by molar-refractivity contribution is 5.45. The summed E-state index contributed by atoms with van der Waals surface area (Å²) in [5.74, 6) is -1.61. The molecule has 0 aliphatic rings. The number of nitroso groups, excluding NO2 is 1. The van der Waals surface area contributed by atoms with Crippen molar-refractivity contribution in [3.8, 4) is 0 Å². The molecular formula is C13H9F2N3O3. The van der Waals surface area contributed by atoms with E-state index in [1.807, 2.05) is 4.98 Å². The van der Waals surface area contributed by atoms with Gasteiger partial charge in [0.25, 0.3) is 5.56 Å². The number of hydrogen-bond acceptors (Lipinski definition) is 4. The van der Waals surface area contributed by atoms with E-state index in [2.05, 4.69) is 5.18 Å². The molecule has 0 amide bonds. The summed E-state index contributed by atoms with van der Waals surface area (Å²) < 4.78 is 28.0. The molecule has 108 valence electrons. The van der Waals surface area contributed by atoms with Crippen LogP contribution in [0.1, 0.15) is 11.1 Å². The van der Waals surface area contributed by atoms with Crippen LogP contribution in [-0.4, -0.2) is 9.55 Å². The highest BCUT2D eigenvalue weighted by Gasteiger charge is 2.11. The lowest BCUT2D eigenvalue weighted by atomic mass is 10.2. The molecule has 0 bridgehead atoms. The second kappa shape index (κ2) is 6.04. The van der Waals surface area contributed by atoms with Crippen molar-refractivity contribution >= 4 is 6.08 Å². The van der Waals surface area contributed by atoms with Crippen molar-refractivity contribution in [2.24, 2.45) is 5.18 Å². The van der Waals surface area contributed by atoms with Crippen molar-refractivity contribution in [2.45, 2.75) is 6.54 Å². The Morgan fingerprint density at radius 2 is 1.90 bits per heavy atom. The van der Waals surface area contributed by atoms with Crippen LogP contribution >= 0.6 is 0 Å². The Balaban J connectivity index is 2.50. The van der Waals surface area contributed by atoms with Gasteiger partial charge in [0, 0.05) is 11.8 Å². The lowest BCUT2D eigenvalue weighted by Crippen LogP contribution is -2.31. The molecule has 2 rings (SSSR count). The van der Waals surface area contributed by atoms with Crippen LogP contribution in [0.25, 0.3) is 6.08 Å². The minimum absolute atomic E-state index is 0.0362. The van der Waals surface area contributed by atoms with Gasteiger partial charge in [-0.3, -0.25) is 14.3 Å². The molecule has 21 heavy (non-hydrogen) atoms. The number of H-pyrrole nitrogens is 1. The standard InChI is InChI=1S/C13H9F2N3O3/c14-10-2-1-3-11(15)9(10)7-18-6-8(4-5-16-21)12(19)17-13(18)20/h1-6H,7H2,(H,17,19,20)/b5-4+. The lowest BCUT2D eigenvalue weighted by molar-refractivity contribution is 0.539. The van der Waals surface area contributed by atoms with Gasteiger partial charge in [0.1, 0.15) is 11.6 Å². The van der Waals surface area contributed by atoms with E-state index >= 15 is 0 Å². The minimum atomic E-state index is -0.820. The average Bonchev–Trinajstić information content (AvgIpc) is 2.44. The summed E-state index contributed by atoms with van der Waals surface area (Å²) in [6.07, 6.45) is 3.00. The SMILES string of the molecule is O=N/C=C/c1cn(Cc2c(F)cccc2F)c(=O)[nH]c1=O. The normalized spacial score (nSPS) is 11.0. The van der Waals surface area contributed by atoms with Gasteiger partial charge in [0.15, 0.2) is 0 Å². The zero-order chi connectivity index (χ0) is 15.4. The molecule has 6 nitrogen and oxygen atoms in total. The molecule has 2 aromatic rings. The number of hydrogen-bond donors (Lipinski definition) is 1. The van der Waals surface area contributed by atoms with Crippen molar-refractivity contribution in [2.75, 3.05) is 0 Å². The predicted molar refractivity (Wildman–Crippen MR) is 71.6 cm³/mol. The molecule has 0 aliphatic heterocycles. The van der Waals surface area contributed by atoms with Crippen LogP contribution in [0.15, 0.2) is 45.4 Å². The van der Waals surface area contributed by atoms with Crippen molar-refractivity contribution < 1.29 is 8.78 Å². The monoisotopic (exact) mass is 293 g/mol. The maximum absolute atomic E-state index is 13.6. The van der Waals surface area contributed by atoms with Crippen LogP contribution < -0.4 is 11.2 Å². The Morgan fingerprint density at radius 3 is 2.52 bits per heavy atom. The van der Waals surface area contributed by atoms with Gasteiger partial charge in [-0.1, -0.05) is 6.07 Å². The van der Waals surface area contributed by atoms with Crippen LogP contribution in [0.4, 0.5) is 8.78 Å². The van der Waals surface area contributed by atoms with E-state index in [-0.39, 0.29) is 11.1 Å². The van der Waals surface area contributed by atoms with E-state index in [1.165, 1.54) is 6.07 Å². The highest BCUT2D eigenvalue weighted by atomic mass is 19.1. The third kappa shape index (κ3) is 3.16. The molecule has 1 aromatic carbocycles. The molecule has 0 atom stereocenters. The Kier molecular flexibility index (Phi) is 4.17. The first-order valence-corrected chi connectivity index (χ1v) is 5.78. The summed E-state index contributed by atoms with van der Waals surface area (Å²) in [5, 5.41) is 2.45.